The van der Waals surface area contributed by atoms with E-state index in [0.717, 1.165) is 16.9 Å². The molecule has 2 aliphatic heterocycles. The summed E-state index contributed by atoms with van der Waals surface area (Å²) in [6.45, 7) is 4.75. The van der Waals surface area contributed by atoms with E-state index in [9.17, 15) is 9.59 Å². The Bertz CT molecular complexity index is 1210. The fourth-order valence-corrected chi connectivity index (χ4v) is 4.54. The van der Waals surface area contributed by atoms with Gasteiger partial charge in [0.1, 0.15) is 11.9 Å². The Labute approximate surface area is 204 Å². The summed E-state index contributed by atoms with van der Waals surface area (Å²) in [5.41, 5.74) is 4.23. The van der Waals surface area contributed by atoms with Crippen LogP contribution in [0.2, 0.25) is 0 Å². The lowest BCUT2D eigenvalue weighted by atomic mass is 10.1. The Morgan fingerprint density at radius 2 is 1.80 bits per heavy atom. The number of rotatable bonds is 5. The quantitative estimate of drug-likeness (QED) is 0.563. The second-order valence-corrected chi connectivity index (χ2v) is 8.98. The van der Waals surface area contributed by atoms with E-state index in [-0.39, 0.29) is 24.5 Å². The van der Waals surface area contributed by atoms with Gasteiger partial charge in [-0.1, -0.05) is 47.2 Å². The normalized spacial score (nSPS) is 17.7. The first-order chi connectivity index (χ1) is 17.0. The van der Waals surface area contributed by atoms with Crippen molar-refractivity contribution in [2.45, 2.75) is 32.6 Å². The first-order valence-corrected chi connectivity index (χ1v) is 11.8. The van der Waals surface area contributed by atoms with Gasteiger partial charge < -0.3 is 19.3 Å². The molecule has 9 heteroatoms. The Kier molecular flexibility index (Phi) is 6.50. The molecule has 2 aliphatic rings. The summed E-state index contributed by atoms with van der Waals surface area (Å²) in [7, 11) is 1.61. The van der Waals surface area contributed by atoms with E-state index in [1.54, 1.807) is 21.6 Å². The molecule has 9 nitrogen and oxygen atoms in total. The molecule has 2 amide bonds. The Hall–Kier alpha value is -3.72. The largest absolute Gasteiger partial charge is 0.497 e. The fourth-order valence-electron chi connectivity index (χ4n) is 4.54. The second-order valence-electron chi connectivity index (χ2n) is 8.98. The maximum atomic E-state index is 13.2. The van der Waals surface area contributed by atoms with Crippen LogP contribution < -0.4 is 4.74 Å². The van der Waals surface area contributed by atoms with Gasteiger partial charge in [0.25, 0.3) is 5.91 Å². The zero-order chi connectivity index (χ0) is 24.4. The van der Waals surface area contributed by atoms with Crippen molar-refractivity contribution in [3.05, 3.63) is 76.6 Å². The van der Waals surface area contributed by atoms with E-state index >= 15 is 0 Å². The zero-order valence-corrected chi connectivity index (χ0v) is 20.0. The number of aromatic nitrogens is 3. The van der Waals surface area contributed by atoms with Gasteiger partial charge in [-0.3, -0.25) is 9.59 Å². The molecule has 1 saturated heterocycles. The summed E-state index contributed by atoms with van der Waals surface area (Å²) >= 11 is 0. The van der Waals surface area contributed by atoms with Crippen LogP contribution in [0.15, 0.2) is 48.5 Å². The lowest BCUT2D eigenvalue weighted by molar-refractivity contribution is -0.131. The van der Waals surface area contributed by atoms with Crippen molar-refractivity contribution in [2.75, 3.05) is 33.3 Å². The maximum Gasteiger partial charge on any atom is 0.276 e. The molecule has 0 unspecified atom stereocenters. The van der Waals surface area contributed by atoms with Crippen molar-refractivity contribution in [1.29, 1.82) is 0 Å². The molecule has 1 atom stereocenters. The smallest absolute Gasteiger partial charge is 0.276 e. The number of hydrogen-bond acceptors (Lipinski definition) is 6. The van der Waals surface area contributed by atoms with E-state index in [4.69, 9.17) is 9.47 Å². The molecule has 3 heterocycles. The van der Waals surface area contributed by atoms with Gasteiger partial charge in [-0.2, -0.15) is 0 Å². The maximum absolute atomic E-state index is 13.2. The van der Waals surface area contributed by atoms with Crippen LogP contribution in [0.1, 0.15) is 39.0 Å². The van der Waals surface area contributed by atoms with Crippen LogP contribution in [-0.2, 0) is 29.1 Å². The zero-order valence-electron chi connectivity index (χ0n) is 20.0. The number of benzene rings is 2. The van der Waals surface area contributed by atoms with Crippen molar-refractivity contribution >= 4 is 11.8 Å². The van der Waals surface area contributed by atoms with E-state index in [1.807, 2.05) is 24.3 Å². The highest BCUT2D eigenvalue weighted by Gasteiger charge is 2.32. The van der Waals surface area contributed by atoms with Crippen LogP contribution in [0.4, 0.5) is 0 Å². The summed E-state index contributed by atoms with van der Waals surface area (Å²) < 4.78 is 13.1. The molecule has 182 valence electrons. The number of amides is 2. The molecule has 0 saturated carbocycles. The molecule has 0 bridgehead atoms. The highest BCUT2D eigenvalue weighted by Crippen LogP contribution is 2.27. The van der Waals surface area contributed by atoms with Crippen LogP contribution in [-0.4, -0.2) is 69.9 Å². The molecule has 1 aromatic heterocycles. The third kappa shape index (κ3) is 4.90. The van der Waals surface area contributed by atoms with Crippen LogP contribution in [0.5, 0.6) is 5.75 Å². The van der Waals surface area contributed by atoms with Gasteiger partial charge in [-0.05, 0) is 30.2 Å². The number of methoxy groups -OCH3 is 1. The standard InChI is InChI=1S/C26H29N5O4/c1-18-6-8-20(9-7-18)23-16-31-22(17-35-23)25(27-28-31)26(33)30-12-10-29(11-13-30)24(32)15-19-4-3-5-21(14-19)34-2/h3-9,14,23H,10-13,15-17H2,1-2H3/t23-/m1/s1. The van der Waals surface area contributed by atoms with Crippen molar-refractivity contribution < 1.29 is 19.1 Å². The highest BCUT2D eigenvalue weighted by molar-refractivity contribution is 5.93. The Balaban J connectivity index is 1.18. The predicted molar refractivity (Wildman–Crippen MR) is 128 cm³/mol. The minimum Gasteiger partial charge on any atom is -0.497 e. The molecular weight excluding hydrogens is 446 g/mol. The van der Waals surface area contributed by atoms with Crippen LogP contribution in [0.25, 0.3) is 0 Å². The van der Waals surface area contributed by atoms with E-state index in [1.165, 1.54) is 5.56 Å². The Morgan fingerprint density at radius 1 is 1.06 bits per heavy atom. The molecule has 0 radical (unpaired) electrons. The van der Waals surface area contributed by atoms with Crippen molar-refractivity contribution in [1.82, 2.24) is 24.8 Å². The average molecular weight is 476 g/mol. The second kappa shape index (κ2) is 9.87. The monoisotopic (exact) mass is 475 g/mol. The topological polar surface area (TPSA) is 89.8 Å². The molecule has 0 spiro atoms. The average Bonchev–Trinajstić information content (AvgIpc) is 3.32. The van der Waals surface area contributed by atoms with Crippen LogP contribution >= 0.6 is 0 Å². The summed E-state index contributed by atoms with van der Waals surface area (Å²) in [5, 5.41) is 8.43. The van der Waals surface area contributed by atoms with Gasteiger partial charge >= 0.3 is 0 Å². The molecule has 2 aromatic carbocycles. The number of carbonyl (C=O) groups is 2. The van der Waals surface area contributed by atoms with E-state index in [2.05, 4.69) is 41.5 Å². The van der Waals surface area contributed by atoms with Gasteiger partial charge in [0.2, 0.25) is 5.91 Å². The van der Waals surface area contributed by atoms with Crippen LogP contribution in [0.3, 0.4) is 0 Å². The third-order valence-corrected chi connectivity index (χ3v) is 6.66. The molecule has 3 aromatic rings. The lowest BCUT2D eigenvalue weighted by Crippen LogP contribution is -2.51. The molecule has 5 rings (SSSR count). The first-order valence-electron chi connectivity index (χ1n) is 11.8. The van der Waals surface area contributed by atoms with Crippen LogP contribution in [0, 0.1) is 6.92 Å². The molecule has 1 fully saturated rings. The molecule has 0 aliphatic carbocycles. The summed E-state index contributed by atoms with van der Waals surface area (Å²) in [6.07, 6.45) is 0.190. The SMILES string of the molecule is COc1cccc(CC(=O)N2CCN(C(=O)c3nnn4c3CO[C@@H](c3ccc(C)cc3)C4)CC2)c1. The fraction of sp³-hybridized carbons (Fsp3) is 0.385. The minimum absolute atomic E-state index is 0.0435. The number of carbonyl (C=O) groups excluding carboxylic acids is 2. The van der Waals surface area contributed by atoms with E-state index in [0.29, 0.717) is 50.5 Å². The molecule has 35 heavy (non-hydrogen) atoms. The van der Waals surface area contributed by atoms with Crippen molar-refractivity contribution in [2.24, 2.45) is 0 Å². The van der Waals surface area contributed by atoms with Gasteiger partial charge in [0.05, 0.1) is 32.4 Å². The highest BCUT2D eigenvalue weighted by atomic mass is 16.5. The minimum atomic E-state index is -0.163. The molecule has 0 N–H and O–H groups in total. The molecular formula is C26H29N5O4. The third-order valence-electron chi connectivity index (χ3n) is 6.66. The van der Waals surface area contributed by atoms with Gasteiger partial charge in [-0.25, -0.2) is 4.68 Å². The van der Waals surface area contributed by atoms with Gasteiger partial charge in [-0.15, -0.1) is 5.10 Å². The van der Waals surface area contributed by atoms with Crippen molar-refractivity contribution in [3.8, 4) is 5.75 Å². The lowest BCUT2D eigenvalue weighted by Gasteiger charge is -2.34. The summed E-state index contributed by atoms with van der Waals surface area (Å²) in [6, 6.07) is 15.8. The predicted octanol–water partition coefficient (Wildman–Crippen LogP) is 2.39. The first kappa shape index (κ1) is 23.0. The number of aryl methyl sites for hydroxylation is 1. The number of piperazine rings is 1. The number of hydrogen-bond donors (Lipinski definition) is 0. The number of ether oxygens (including phenoxy) is 2. The summed E-state index contributed by atoms with van der Waals surface area (Å²) in [5.74, 6) is 0.613. The van der Waals surface area contributed by atoms with Gasteiger partial charge in [0, 0.05) is 26.2 Å². The summed E-state index contributed by atoms with van der Waals surface area (Å²) in [4.78, 5) is 29.5. The number of fused-ring (bicyclic) bond motifs is 1. The number of nitrogens with zero attached hydrogens (tertiary/aromatic N) is 5. The van der Waals surface area contributed by atoms with Crippen molar-refractivity contribution in [3.63, 3.8) is 0 Å². The van der Waals surface area contributed by atoms with Gasteiger partial charge in [0.15, 0.2) is 5.69 Å². The van der Waals surface area contributed by atoms with E-state index < -0.39 is 0 Å². The Morgan fingerprint density at radius 3 is 2.54 bits per heavy atom.